The number of nitrogens with two attached hydrogens (primary N) is 1. The van der Waals surface area contributed by atoms with E-state index in [-0.39, 0.29) is 0 Å². The molecule has 2 aromatic rings. The minimum absolute atomic E-state index is 0.318. The fraction of sp³-hybridized carbons (Fsp3) is 0.167. The van der Waals surface area contributed by atoms with Gasteiger partial charge in [-0.15, -0.1) is 0 Å². The molecule has 0 spiro atoms. The van der Waals surface area contributed by atoms with E-state index in [1.54, 1.807) is 25.3 Å². The van der Waals surface area contributed by atoms with Gasteiger partial charge >= 0.3 is 0 Å². The number of methoxy groups -OCH3 is 1. The van der Waals surface area contributed by atoms with Gasteiger partial charge in [-0.25, -0.2) is 9.97 Å². The van der Waals surface area contributed by atoms with E-state index in [0.29, 0.717) is 44.0 Å². The van der Waals surface area contributed by atoms with Crippen LogP contribution in [0.25, 0.3) is 11.4 Å². The van der Waals surface area contributed by atoms with Crippen LogP contribution in [0, 0.1) is 0 Å². The Morgan fingerprint density at radius 1 is 1.32 bits per heavy atom. The van der Waals surface area contributed by atoms with Gasteiger partial charge in [0.15, 0.2) is 5.82 Å². The smallest absolute Gasteiger partial charge is 0.163 e. The van der Waals surface area contributed by atoms with Crippen LogP contribution in [0.3, 0.4) is 0 Å². The van der Waals surface area contributed by atoms with Crippen LogP contribution < -0.4 is 5.73 Å². The summed E-state index contributed by atoms with van der Waals surface area (Å²) in [6, 6.07) is 5.09. The fourth-order valence-corrected chi connectivity index (χ4v) is 2.20. The number of hydrogen-bond acceptors (Lipinski definition) is 4. The summed E-state index contributed by atoms with van der Waals surface area (Å²) in [5.74, 6) is 0.744. The lowest BCUT2D eigenvalue weighted by Gasteiger charge is -2.09. The molecule has 0 atom stereocenters. The molecule has 1 aromatic carbocycles. The van der Waals surface area contributed by atoms with Crippen molar-refractivity contribution >= 4 is 44.9 Å². The van der Waals surface area contributed by atoms with Gasteiger partial charge in [-0.05, 0) is 34.1 Å². The van der Waals surface area contributed by atoms with Gasteiger partial charge in [-0.3, -0.25) is 0 Å². The van der Waals surface area contributed by atoms with Crippen LogP contribution in [-0.4, -0.2) is 17.1 Å². The molecule has 100 valence electrons. The molecule has 1 aromatic heterocycles. The molecule has 1 heterocycles. The molecule has 0 fully saturated rings. The van der Waals surface area contributed by atoms with E-state index in [2.05, 4.69) is 25.9 Å². The Bertz CT molecular complexity index is 622. The van der Waals surface area contributed by atoms with Crippen molar-refractivity contribution in [1.29, 1.82) is 0 Å². The van der Waals surface area contributed by atoms with Gasteiger partial charge in [0.1, 0.15) is 5.82 Å². The molecular formula is C12H10BrCl2N3O. The standard InChI is InChI=1S/C12H10BrCl2N3O/c1-19-5-9-10(13)11(16)18-12(17-9)7-4-6(14)2-3-8(7)15/h2-4H,5H2,1H3,(H2,16,17,18). The molecule has 4 nitrogen and oxygen atoms in total. The number of rotatable bonds is 3. The maximum Gasteiger partial charge on any atom is 0.163 e. The lowest BCUT2D eigenvalue weighted by atomic mass is 10.2. The molecule has 0 bridgehead atoms. The van der Waals surface area contributed by atoms with Crippen LogP contribution in [0.2, 0.25) is 10.0 Å². The van der Waals surface area contributed by atoms with Gasteiger partial charge in [-0.2, -0.15) is 0 Å². The highest BCUT2D eigenvalue weighted by atomic mass is 79.9. The molecule has 0 unspecified atom stereocenters. The zero-order chi connectivity index (χ0) is 14.0. The third-order valence-corrected chi connectivity index (χ3v) is 3.82. The second-order valence-corrected chi connectivity index (χ2v) is 5.39. The molecule has 0 saturated heterocycles. The first kappa shape index (κ1) is 14.5. The van der Waals surface area contributed by atoms with E-state index in [1.807, 2.05) is 0 Å². The van der Waals surface area contributed by atoms with E-state index in [0.717, 1.165) is 0 Å². The lowest BCUT2D eigenvalue weighted by Crippen LogP contribution is -2.04. The SMILES string of the molecule is COCc1nc(-c2cc(Cl)ccc2Cl)nc(N)c1Br. The average molecular weight is 363 g/mol. The van der Waals surface area contributed by atoms with Crippen molar-refractivity contribution in [2.24, 2.45) is 0 Å². The highest BCUT2D eigenvalue weighted by Crippen LogP contribution is 2.31. The van der Waals surface area contributed by atoms with Crippen molar-refractivity contribution < 1.29 is 4.74 Å². The van der Waals surface area contributed by atoms with Gasteiger partial charge in [0.2, 0.25) is 0 Å². The van der Waals surface area contributed by atoms with E-state index in [4.69, 9.17) is 33.7 Å². The second kappa shape index (κ2) is 6.05. The molecule has 7 heteroatoms. The summed E-state index contributed by atoms with van der Waals surface area (Å²) < 4.78 is 5.70. The van der Waals surface area contributed by atoms with Gasteiger partial charge in [0.05, 0.1) is 21.8 Å². The molecule has 2 rings (SSSR count). The van der Waals surface area contributed by atoms with Crippen LogP contribution in [0.15, 0.2) is 22.7 Å². The zero-order valence-electron chi connectivity index (χ0n) is 9.95. The third kappa shape index (κ3) is 3.17. The highest BCUT2D eigenvalue weighted by molar-refractivity contribution is 9.10. The van der Waals surface area contributed by atoms with Crippen LogP contribution in [-0.2, 0) is 11.3 Å². The van der Waals surface area contributed by atoms with E-state index >= 15 is 0 Å². The second-order valence-electron chi connectivity index (χ2n) is 3.75. The molecule has 0 aliphatic carbocycles. The molecule has 0 aliphatic rings. The molecule has 19 heavy (non-hydrogen) atoms. The van der Waals surface area contributed by atoms with Crippen LogP contribution in [0.5, 0.6) is 0 Å². The van der Waals surface area contributed by atoms with Crippen molar-refractivity contribution in [3.05, 3.63) is 38.4 Å². The number of benzene rings is 1. The minimum Gasteiger partial charge on any atom is -0.383 e. The molecule has 0 radical (unpaired) electrons. The first-order chi connectivity index (χ1) is 9.02. The minimum atomic E-state index is 0.318. The largest absolute Gasteiger partial charge is 0.383 e. The summed E-state index contributed by atoms with van der Waals surface area (Å²) >= 11 is 15.4. The number of halogens is 3. The summed E-state index contributed by atoms with van der Waals surface area (Å²) in [4.78, 5) is 8.60. The number of nitrogen functional groups attached to an aromatic ring is 1. The molecule has 0 amide bonds. The van der Waals surface area contributed by atoms with Crippen molar-refractivity contribution in [3.63, 3.8) is 0 Å². The summed E-state index contributed by atoms with van der Waals surface area (Å²) in [5.41, 5.74) is 7.13. The maximum absolute atomic E-state index is 6.13. The van der Waals surface area contributed by atoms with E-state index in [1.165, 1.54) is 0 Å². The maximum atomic E-state index is 6.13. The topological polar surface area (TPSA) is 61.0 Å². The zero-order valence-corrected chi connectivity index (χ0v) is 13.1. The predicted molar refractivity (Wildman–Crippen MR) is 80.3 cm³/mol. The van der Waals surface area contributed by atoms with Gasteiger partial charge in [0.25, 0.3) is 0 Å². The third-order valence-electron chi connectivity index (χ3n) is 2.40. The summed E-state index contributed by atoms with van der Waals surface area (Å²) in [6.45, 7) is 0.318. The first-order valence-electron chi connectivity index (χ1n) is 5.29. The average Bonchev–Trinajstić information content (AvgIpc) is 2.38. The van der Waals surface area contributed by atoms with Gasteiger partial charge < -0.3 is 10.5 Å². The Hall–Kier alpha value is -0.880. The predicted octanol–water partition coefficient (Wildman–Crippen LogP) is 3.94. The quantitative estimate of drug-likeness (QED) is 0.898. The molecule has 2 N–H and O–H groups in total. The van der Waals surface area contributed by atoms with Gasteiger partial charge in [-0.1, -0.05) is 23.2 Å². The Labute approximate surface area is 129 Å². The van der Waals surface area contributed by atoms with E-state index < -0.39 is 0 Å². The Kier molecular flexibility index (Phi) is 4.62. The molecule has 0 saturated carbocycles. The Morgan fingerprint density at radius 3 is 2.74 bits per heavy atom. The van der Waals surface area contributed by atoms with Gasteiger partial charge in [0, 0.05) is 17.7 Å². The first-order valence-corrected chi connectivity index (χ1v) is 6.84. The Morgan fingerprint density at radius 2 is 2.05 bits per heavy atom. The van der Waals surface area contributed by atoms with Crippen LogP contribution in [0.1, 0.15) is 5.69 Å². The number of ether oxygens (including phenoxy) is 1. The number of nitrogens with zero attached hydrogens (tertiary/aromatic N) is 2. The normalized spacial score (nSPS) is 10.7. The highest BCUT2D eigenvalue weighted by Gasteiger charge is 2.14. The van der Waals surface area contributed by atoms with Crippen molar-refractivity contribution in [2.75, 3.05) is 12.8 Å². The summed E-state index contributed by atoms with van der Waals surface area (Å²) in [5, 5.41) is 1.06. The number of aromatic nitrogens is 2. The van der Waals surface area contributed by atoms with Crippen molar-refractivity contribution in [1.82, 2.24) is 9.97 Å². The fourth-order valence-electron chi connectivity index (χ4n) is 1.53. The van der Waals surface area contributed by atoms with E-state index in [9.17, 15) is 0 Å². The summed E-state index contributed by atoms with van der Waals surface area (Å²) in [7, 11) is 1.58. The van der Waals surface area contributed by atoms with Crippen LogP contribution >= 0.6 is 39.1 Å². The monoisotopic (exact) mass is 361 g/mol. The van der Waals surface area contributed by atoms with Crippen LogP contribution in [0.4, 0.5) is 5.82 Å². The molecular weight excluding hydrogens is 353 g/mol. The lowest BCUT2D eigenvalue weighted by molar-refractivity contribution is 0.181. The Balaban J connectivity index is 2.59. The van der Waals surface area contributed by atoms with Crippen molar-refractivity contribution in [3.8, 4) is 11.4 Å². The number of anilines is 1. The number of hydrogen-bond donors (Lipinski definition) is 1. The summed E-state index contributed by atoms with van der Waals surface area (Å²) in [6.07, 6.45) is 0. The molecule has 0 aliphatic heterocycles. The van der Waals surface area contributed by atoms with Crippen molar-refractivity contribution in [2.45, 2.75) is 6.61 Å².